The van der Waals surface area contributed by atoms with Gasteiger partial charge in [-0.1, -0.05) is 24.3 Å². The predicted octanol–water partition coefficient (Wildman–Crippen LogP) is 2.05. The molecule has 0 saturated carbocycles. The third-order valence-corrected chi connectivity index (χ3v) is 6.26. The molecule has 0 radical (unpaired) electrons. The molecule has 1 aromatic carbocycles. The normalized spacial score (nSPS) is 18.0. The van der Waals surface area contributed by atoms with Gasteiger partial charge in [0.25, 0.3) is 11.5 Å². The van der Waals surface area contributed by atoms with Gasteiger partial charge in [-0.05, 0) is 36.5 Å². The van der Waals surface area contributed by atoms with Crippen LogP contribution in [0.1, 0.15) is 35.8 Å². The van der Waals surface area contributed by atoms with Crippen LogP contribution >= 0.6 is 11.3 Å². The van der Waals surface area contributed by atoms with Crippen LogP contribution in [0.4, 0.5) is 5.13 Å². The summed E-state index contributed by atoms with van der Waals surface area (Å²) in [4.78, 5) is 31.6. The van der Waals surface area contributed by atoms with Crippen LogP contribution < -0.4 is 25.2 Å². The van der Waals surface area contributed by atoms with Crippen LogP contribution in [0.3, 0.4) is 0 Å². The number of hydrogen-bond donors (Lipinski definition) is 1. The number of ether oxygens (including phenoxy) is 2. The van der Waals surface area contributed by atoms with Gasteiger partial charge in [0, 0.05) is 25.7 Å². The average Bonchev–Trinajstić information content (AvgIpc) is 3.37. The summed E-state index contributed by atoms with van der Waals surface area (Å²) >= 11 is 1.34. The predicted molar refractivity (Wildman–Crippen MR) is 111 cm³/mol. The van der Waals surface area contributed by atoms with Crippen LogP contribution in [0.25, 0.3) is 4.96 Å². The summed E-state index contributed by atoms with van der Waals surface area (Å²) in [5.41, 5.74) is 0.593. The Balaban J connectivity index is 1.38. The molecule has 0 spiro atoms. The number of anilines is 1. The van der Waals surface area contributed by atoms with Gasteiger partial charge in [0.05, 0.1) is 0 Å². The zero-order valence-electron chi connectivity index (χ0n) is 16.5. The lowest BCUT2D eigenvalue weighted by Crippen LogP contribution is -2.34. The molecule has 2 aliphatic heterocycles. The van der Waals surface area contributed by atoms with E-state index in [0.29, 0.717) is 22.4 Å². The van der Waals surface area contributed by atoms with Gasteiger partial charge in [0.15, 0.2) is 11.5 Å². The standard InChI is InChI=1S/C20H21N5O4S/c1-12-3-2-6-24(10-12)20-23-25-14(8-17(26)22-19(25)30-20)18(27)21-9-13-4-5-15-16(7-13)29-11-28-15/h4-5,7-8,12H,2-3,6,9-11H2,1H3,(H,21,27)/t12-/m0/s1. The van der Waals surface area contributed by atoms with Gasteiger partial charge in [-0.3, -0.25) is 9.59 Å². The highest BCUT2D eigenvalue weighted by Crippen LogP contribution is 2.32. The van der Waals surface area contributed by atoms with E-state index in [1.807, 2.05) is 18.2 Å². The molecule has 5 rings (SSSR count). The molecule has 4 heterocycles. The molecule has 9 nitrogen and oxygen atoms in total. The molecule has 1 amide bonds. The van der Waals surface area contributed by atoms with Crippen molar-refractivity contribution in [1.82, 2.24) is 19.9 Å². The minimum absolute atomic E-state index is 0.179. The minimum Gasteiger partial charge on any atom is -0.454 e. The van der Waals surface area contributed by atoms with Crippen molar-refractivity contribution in [1.29, 1.82) is 0 Å². The van der Waals surface area contributed by atoms with Gasteiger partial charge in [-0.25, -0.2) is 0 Å². The molecule has 10 heteroatoms. The van der Waals surface area contributed by atoms with Crippen molar-refractivity contribution >= 4 is 27.3 Å². The van der Waals surface area contributed by atoms with Gasteiger partial charge in [-0.15, -0.1) is 5.10 Å². The number of nitrogens with one attached hydrogen (secondary N) is 1. The molecule has 1 N–H and O–H groups in total. The van der Waals surface area contributed by atoms with Crippen LogP contribution in [0.5, 0.6) is 11.5 Å². The number of rotatable bonds is 4. The number of carbonyl (C=O) groups is 1. The van der Waals surface area contributed by atoms with E-state index in [1.54, 1.807) is 0 Å². The zero-order chi connectivity index (χ0) is 20.7. The van der Waals surface area contributed by atoms with Crippen LogP contribution in [0.2, 0.25) is 0 Å². The Labute approximate surface area is 176 Å². The van der Waals surface area contributed by atoms with Gasteiger partial charge in [0.1, 0.15) is 5.69 Å². The van der Waals surface area contributed by atoms with Crippen LogP contribution in [0.15, 0.2) is 29.1 Å². The van der Waals surface area contributed by atoms with Crippen LogP contribution in [-0.2, 0) is 6.54 Å². The summed E-state index contributed by atoms with van der Waals surface area (Å²) in [6.45, 7) is 4.53. The minimum atomic E-state index is -0.453. The molecule has 1 atom stereocenters. The van der Waals surface area contributed by atoms with Gasteiger partial charge < -0.3 is 19.7 Å². The van der Waals surface area contributed by atoms with E-state index in [9.17, 15) is 9.59 Å². The topological polar surface area (TPSA) is 98.1 Å². The van der Waals surface area contributed by atoms with Crippen molar-refractivity contribution in [2.45, 2.75) is 26.3 Å². The van der Waals surface area contributed by atoms with Crippen molar-refractivity contribution in [3.63, 3.8) is 0 Å². The second-order valence-electron chi connectivity index (χ2n) is 7.62. The Morgan fingerprint density at radius 3 is 3.03 bits per heavy atom. The second kappa shape index (κ2) is 7.60. The number of nitrogens with zero attached hydrogens (tertiary/aromatic N) is 4. The maximum atomic E-state index is 12.9. The maximum Gasteiger partial charge on any atom is 0.274 e. The third kappa shape index (κ3) is 3.58. The molecule has 1 fully saturated rings. The summed E-state index contributed by atoms with van der Waals surface area (Å²) in [7, 11) is 0. The average molecular weight is 427 g/mol. The first kappa shape index (κ1) is 18.9. The first-order chi connectivity index (χ1) is 14.6. The number of aromatic nitrogens is 3. The van der Waals surface area contributed by atoms with E-state index < -0.39 is 5.56 Å². The van der Waals surface area contributed by atoms with E-state index in [2.05, 4.69) is 27.2 Å². The molecule has 156 valence electrons. The van der Waals surface area contributed by atoms with E-state index >= 15 is 0 Å². The first-order valence-corrected chi connectivity index (χ1v) is 10.7. The van der Waals surface area contributed by atoms with Crippen molar-refractivity contribution in [2.24, 2.45) is 5.92 Å². The van der Waals surface area contributed by atoms with Gasteiger partial charge >= 0.3 is 0 Å². The molecule has 2 aromatic heterocycles. The highest BCUT2D eigenvalue weighted by atomic mass is 32.1. The van der Waals surface area contributed by atoms with Crippen molar-refractivity contribution in [3.05, 3.63) is 45.9 Å². The Bertz CT molecular complexity index is 1170. The van der Waals surface area contributed by atoms with Crippen LogP contribution in [0, 0.1) is 5.92 Å². The number of fused-ring (bicyclic) bond motifs is 2. The first-order valence-electron chi connectivity index (χ1n) is 9.89. The summed E-state index contributed by atoms with van der Waals surface area (Å²) in [5.74, 6) is 1.55. The summed E-state index contributed by atoms with van der Waals surface area (Å²) in [6, 6.07) is 6.73. The number of amides is 1. The fourth-order valence-electron chi connectivity index (χ4n) is 3.78. The maximum absolute atomic E-state index is 12.9. The monoisotopic (exact) mass is 427 g/mol. The number of carbonyl (C=O) groups excluding carboxylic acids is 1. The van der Waals surface area contributed by atoms with Crippen molar-refractivity contribution < 1.29 is 14.3 Å². The number of hydrogen-bond acceptors (Lipinski definition) is 8. The zero-order valence-corrected chi connectivity index (χ0v) is 17.3. The van der Waals surface area contributed by atoms with Gasteiger partial charge in [0.2, 0.25) is 16.9 Å². The molecule has 0 bridgehead atoms. The molecule has 3 aromatic rings. The Morgan fingerprint density at radius 1 is 1.30 bits per heavy atom. The Kier molecular flexibility index (Phi) is 4.78. The molecule has 0 unspecified atom stereocenters. The lowest BCUT2D eigenvalue weighted by Gasteiger charge is -2.30. The molecular formula is C20H21N5O4S. The van der Waals surface area contributed by atoms with E-state index in [-0.39, 0.29) is 24.9 Å². The molecule has 30 heavy (non-hydrogen) atoms. The summed E-state index contributed by atoms with van der Waals surface area (Å²) < 4.78 is 12.1. The molecule has 2 aliphatic rings. The van der Waals surface area contributed by atoms with E-state index in [4.69, 9.17) is 9.47 Å². The van der Waals surface area contributed by atoms with E-state index in [1.165, 1.54) is 28.3 Å². The molecule has 0 aliphatic carbocycles. The summed E-state index contributed by atoms with van der Waals surface area (Å²) in [6.07, 6.45) is 2.30. The lowest BCUT2D eigenvalue weighted by molar-refractivity contribution is 0.0943. The van der Waals surface area contributed by atoms with Crippen molar-refractivity contribution in [2.75, 3.05) is 24.8 Å². The van der Waals surface area contributed by atoms with Crippen molar-refractivity contribution in [3.8, 4) is 11.5 Å². The highest BCUT2D eigenvalue weighted by Gasteiger charge is 2.22. The third-order valence-electron chi connectivity index (χ3n) is 5.29. The summed E-state index contributed by atoms with van der Waals surface area (Å²) in [5, 5.41) is 8.23. The van der Waals surface area contributed by atoms with E-state index in [0.717, 1.165) is 30.2 Å². The number of piperidine rings is 1. The van der Waals surface area contributed by atoms with Gasteiger partial charge in [-0.2, -0.15) is 9.50 Å². The highest BCUT2D eigenvalue weighted by molar-refractivity contribution is 7.20. The Morgan fingerprint density at radius 2 is 2.17 bits per heavy atom. The quantitative estimate of drug-likeness (QED) is 0.680. The lowest BCUT2D eigenvalue weighted by atomic mass is 10.0. The Hall–Kier alpha value is -3.14. The largest absolute Gasteiger partial charge is 0.454 e. The number of benzene rings is 1. The van der Waals surface area contributed by atoms with Crippen LogP contribution in [-0.4, -0.2) is 40.4 Å². The molecular weight excluding hydrogens is 406 g/mol. The molecule has 1 saturated heterocycles. The SMILES string of the molecule is C[C@H]1CCCN(c2nn3c(C(=O)NCc4ccc5c(c4)OCO5)cc(=O)nc3s2)C1. The fraction of sp³-hybridized carbons (Fsp3) is 0.400. The second-order valence-corrected chi connectivity index (χ2v) is 8.56. The fourth-order valence-corrected chi connectivity index (χ4v) is 4.72. The smallest absolute Gasteiger partial charge is 0.274 e.